The zero-order valence-electron chi connectivity index (χ0n) is 9.25. The van der Waals surface area contributed by atoms with Gasteiger partial charge in [-0.05, 0) is 31.2 Å². The molecular formula is C11H14F3NO2. The van der Waals surface area contributed by atoms with Gasteiger partial charge in [0.1, 0.15) is 5.60 Å². The van der Waals surface area contributed by atoms with Crippen molar-refractivity contribution in [2.75, 3.05) is 18.5 Å². The molecule has 0 aliphatic rings. The highest BCUT2D eigenvalue weighted by molar-refractivity contribution is 5.45. The standard InChI is InChI=1S/C11H14F3NO2/c1-10(17,7-16)6-15-9-4-2-8(3-5-9)11(12,13)14/h2-5,15-17H,6-7H2,1H3. The molecule has 0 heterocycles. The van der Waals surface area contributed by atoms with Crippen LogP contribution in [0.25, 0.3) is 0 Å². The van der Waals surface area contributed by atoms with Gasteiger partial charge in [0.05, 0.1) is 12.2 Å². The summed E-state index contributed by atoms with van der Waals surface area (Å²) in [6.45, 7) is 1.04. The molecule has 0 amide bonds. The van der Waals surface area contributed by atoms with Gasteiger partial charge in [-0.25, -0.2) is 0 Å². The number of anilines is 1. The zero-order chi connectivity index (χ0) is 13.1. The van der Waals surface area contributed by atoms with E-state index in [-0.39, 0.29) is 6.54 Å². The maximum absolute atomic E-state index is 12.3. The van der Waals surface area contributed by atoms with E-state index in [1.807, 2.05) is 0 Å². The van der Waals surface area contributed by atoms with Gasteiger partial charge in [-0.15, -0.1) is 0 Å². The average Bonchev–Trinajstić information content (AvgIpc) is 2.26. The first-order valence-electron chi connectivity index (χ1n) is 4.99. The Bertz CT molecular complexity index is 360. The number of aliphatic hydroxyl groups is 2. The van der Waals surface area contributed by atoms with Crippen molar-refractivity contribution in [3.05, 3.63) is 29.8 Å². The van der Waals surface area contributed by atoms with E-state index in [9.17, 15) is 18.3 Å². The van der Waals surface area contributed by atoms with E-state index >= 15 is 0 Å². The molecule has 1 unspecified atom stereocenters. The summed E-state index contributed by atoms with van der Waals surface area (Å²) >= 11 is 0. The molecule has 0 aromatic heterocycles. The topological polar surface area (TPSA) is 52.5 Å². The molecule has 0 aliphatic heterocycles. The zero-order valence-corrected chi connectivity index (χ0v) is 9.25. The van der Waals surface area contributed by atoms with Crippen molar-refractivity contribution in [2.45, 2.75) is 18.7 Å². The third kappa shape index (κ3) is 4.24. The summed E-state index contributed by atoms with van der Waals surface area (Å²) < 4.78 is 36.8. The number of hydrogen-bond donors (Lipinski definition) is 3. The first kappa shape index (κ1) is 13.8. The maximum atomic E-state index is 12.3. The van der Waals surface area contributed by atoms with Crippen LogP contribution in [0.15, 0.2) is 24.3 Å². The summed E-state index contributed by atoms with van der Waals surface area (Å²) in [5.41, 5.74) is -1.58. The molecule has 1 aromatic rings. The van der Waals surface area contributed by atoms with E-state index in [0.29, 0.717) is 5.69 Å². The number of alkyl halides is 3. The second-order valence-electron chi connectivity index (χ2n) is 4.08. The van der Waals surface area contributed by atoms with E-state index in [1.54, 1.807) is 0 Å². The molecule has 0 radical (unpaired) electrons. The second kappa shape index (κ2) is 4.93. The third-order valence-electron chi connectivity index (χ3n) is 2.23. The lowest BCUT2D eigenvalue weighted by Gasteiger charge is -2.21. The minimum absolute atomic E-state index is 0.0505. The molecule has 0 saturated carbocycles. The lowest BCUT2D eigenvalue weighted by Crippen LogP contribution is -2.37. The van der Waals surface area contributed by atoms with Crippen LogP contribution in [0.4, 0.5) is 18.9 Å². The molecule has 0 bridgehead atoms. The van der Waals surface area contributed by atoms with Crippen LogP contribution in [-0.2, 0) is 6.18 Å². The van der Waals surface area contributed by atoms with Crippen LogP contribution in [0.2, 0.25) is 0 Å². The Morgan fingerprint density at radius 3 is 2.12 bits per heavy atom. The van der Waals surface area contributed by atoms with Crippen LogP contribution < -0.4 is 5.32 Å². The number of hydrogen-bond acceptors (Lipinski definition) is 3. The number of rotatable bonds is 4. The van der Waals surface area contributed by atoms with Gasteiger partial charge in [-0.1, -0.05) is 0 Å². The lowest BCUT2D eigenvalue weighted by molar-refractivity contribution is -0.137. The molecule has 3 N–H and O–H groups in total. The normalized spacial score (nSPS) is 15.4. The molecule has 17 heavy (non-hydrogen) atoms. The molecule has 0 fully saturated rings. The van der Waals surface area contributed by atoms with Crippen LogP contribution in [0, 0.1) is 0 Å². The van der Waals surface area contributed by atoms with Gasteiger partial charge < -0.3 is 15.5 Å². The highest BCUT2D eigenvalue weighted by atomic mass is 19.4. The van der Waals surface area contributed by atoms with Crippen LogP contribution in [0.3, 0.4) is 0 Å². The third-order valence-corrected chi connectivity index (χ3v) is 2.23. The Hall–Kier alpha value is -1.27. The van der Waals surface area contributed by atoms with Gasteiger partial charge in [0, 0.05) is 12.2 Å². The number of nitrogens with one attached hydrogen (secondary N) is 1. The highest BCUT2D eigenvalue weighted by Crippen LogP contribution is 2.29. The van der Waals surface area contributed by atoms with Crippen molar-refractivity contribution >= 4 is 5.69 Å². The van der Waals surface area contributed by atoms with Crippen molar-refractivity contribution in [3.8, 4) is 0 Å². The summed E-state index contributed by atoms with van der Waals surface area (Å²) in [6, 6.07) is 4.46. The predicted molar refractivity (Wildman–Crippen MR) is 57.6 cm³/mol. The van der Waals surface area contributed by atoms with Crippen molar-refractivity contribution < 1.29 is 23.4 Å². The van der Waals surface area contributed by atoms with Crippen molar-refractivity contribution in [1.29, 1.82) is 0 Å². The number of aliphatic hydroxyl groups excluding tert-OH is 1. The molecule has 1 rings (SSSR count). The van der Waals surface area contributed by atoms with Gasteiger partial charge in [0.2, 0.25) is 0 Å². The number of halogens is 3. The predicted octanol–water partition coefficient (Wildman–Crippen LogP) is 1.86. The average molecular weight is 249 g/mol. The van der Waals surface area contributed by atoms with E-state index in [0.717, 1.165) is 12.1 Å². The van der Waals surface area contributed by atoms with Crippen LogP contribution in [0.5, 0.6) is 0 Å². The van der Waals surface area contributed by atoms with E-state index in [2.05, 4.69) is 5.32 Å². The molecule has 0 saturated heterocycles. The SMILES string of the molecule is CC(O)(CO)CNc1ccc(C(F)(F)F)cc1. The first-order valence-corrected chi connectivity index (χ1v) is 4.99. The summed E-state index contributed by atoms with van der Waals surface area (Å²) in [7, 11) is 0. The van der Waals surface area contributed by atoms with Crippen LogP contribution in [-0.4, -0.2) is 29.0 Å². The molecule has 0 aliphatic carbocycles. The van der Waals surface area contributed by atoms with Crippen LogP contribution in [0.1, 0.15) is 12.5 Å². The van der Waals surface area contributed by atoms with Crippen LogP contribution >= 0.6 is 0 Å². The van der Waals surface area contributed by atoms with Crippen molar-refractivity contribution in [1.82, 2.24) is 0 Å². The van der Waals surface area contributed by atoms with E-state index < -0.39 is 23.9 Å². The molecular weight excluding hydrogens is 235 g/mol. The van der Waals surface area contributed by atoms with Crippen molar-refractivity contribution in [2.24, 2.45) is 0 Å². The number of benzene rings is 1. The van der Waals surface area contributed by atoms with Gasteiger partial charge in [0.15, 0.2) is 0 Å². The monoisotopic (exact) mass is 249 g/mol. The fourth-order valence-corrected chi connectivity index (χ4v) is 1.13. The summed E-state index contributed by atoms with van der Waals surface area (Å²) in [5, 5.41) is 21.0. The summed E-state index contributed by atoms with van der Waals surface area (Å²) in [5.74, 6) is 0. The molecule has 3 nitrogen and oxygen atoms in total. The van der Waals surface area contributed by atoms with E-state index in [1.165, 1.54) is 19.1 Å². The molecule has 0 spiro atoms. The quantitative estimate of drug-likeness (QED) is 0.763. The van der Waals surface area contributed by atoms with Gasteiger partial charge in [-0.2, -0.15) is 13.2 Å². The Morgan fingerprint density at radius 1 is 1.18 bits per heavy atom. The molecule has 1 atom stereocenters. The Balaban J connectivity index is 2.64. The Morgan fingerprint density at radius 2 is 1.71 bits per heavy atom. The first-order chi connectivity index (χ1) is 7.74. The maximum Gasteiger partial charge on any atom is 0.416 e. The second-order valence-corrected chi connectivity index (χ2v) is 4.08. The largest absolute Gasteiger partial charge is 0.416 e. The Kier molecular flexibility index (Phi) is 4.00. The van der Waals surface area contributed by atoms with Crippen molar-refractivity contribution in [3.63, 3.8) is 0 Å². The lowest BCUT2D eigenvalue weighted by atomic mass is 10.1. The molecule has 1 aromatic carbocycles. The van der Waals surface area contributed by atoms with Gasteiger partial charge in [0.25, 0.3) is 0 Å². The van der Waals surface area contributed by atoms with E-state index in [4.69, 9.17) is 5.11 Å². The highest BCUT2D eigenvalue weighted by Gasteiger charge is 2.30. The fraction of sp³-hybridized carbons (Fsp3) is 0.455. The smallest absolute Gasteiger partial charge is 0.393 e. The van der Waals surface area contributed by atoms with Gasteiger partial charge >= 0.3 is 6.18 Å². The summed E-state index contributed by atoms with van der Waals surface area (Å²) in [6.07, 6.45) is -4.35. The fourth-order valence-electron chi connectivity index (χ4n) is 1.13. The Labute approximate surface area is 96.9 Å². The van der Waals surface area contributed by atoms with Gasteiger partial charge in [-0.3, -0.25) is 0 Å². The molecule has 6 heteroatoms. The summed E-state index contributed by atoms with van der Waals surface area (Å²) in [4.78, 5) is 0. The minimum Gasteiger partial charge on any atom is -0.393 e. The molecule has 96 valence electrons. The minimum atomic E-state index is -4.35.